The van der Waals surface area contributed by atoms with Gasteiger partial charge in [0.05, 0.1) is 6.42 Å². The number of carbonyl (C=O) groups is 2. The zero-order chi connectivity index (χ0) is 14.6. The maximum Gasteiger partial charge on any atom is 0.305 e. The third-order valence-corrected chi connectivity index (χ3v) is 3.48. The molecule has 1 rings (SSSR count). The van der Waals surface area contributed by atoms with Gasteiger partial charge in [0.15, 0.2) is 5.76 Å². The van der Waals surface area contributed by atoms with E-state index in [2.05, 4.69) is 5.32 Å². The topological polar surface area (TPSA) is 126 Å². The second-order valence-electron chi connectivity index (χ2n) is 3.80. The fraction of sp³-hybridized carbons (Fsp3) is 0.400. The van der Waals surface area contributed by atoms with Gasteiger partial charge in [0.1, 0.15) is 0 Å². The second-order valence-corrected chi connectivity index (χ2v) is 5.62. The molecule has 1 aromatic rings. The number of hydrogen-bond acceptors (Lipinski definition) is 5. The Labute approximate surface area is 109 Å². The van der Waals surface area contributed by atoms with Gasteiger partial charge in [0, 0.05) is 6.04 Å². The van der Waals surface area contributed by atoms with Crippen molar-refractivity contribution in [3.8, 4) is 0 Å². The van der Waals surface area contributed by atoms with Crippen molar-refractivity contribution in [1.82, 2.24) is 10.0 Å². The molecule has 9 heteroatoms. The van der Waals surface area contributed by atoms with Crippen LogP contribution < -0.4 is 10.0 Å². The minimum atomic E-state index is -3.75. The number of sulfonamides is 1. The van der Waals surface area contributed by atoms with Crippen molar-refractivity contribution in [2.24, 2.45) is 0 Å². The first-order valence-corrected chi connectivity index (χ1v) is 6.80. The van der Waals surface area contributed by atoms with Gasteiger partial charge in [-0.2, -0.15) is 0 Å². The number of furan rings is 1. The molecule has 0 saturated carbocycles. The average molecular weight is 290 g/mol. The smallest absolute Gasteiger partial charge is 0.305 e. The molecule has 0 aromatic carbocycles. The van der Waals surface area contributed by atoms with E-state index in [9.17, 15) is 18.0 Å². The van der Waals surface area contributed by atoms with Crippen molar-refractivity contribution in [3.05, 3.63) is 17.9 Å². The van der Waals surface area contributed by atoms with E-state index >= 15 is 0 Å². The molecule has 0 aliphatic heterocycles. The summed E-state index contributed by atoms with van der Waals surface area (Å²) < 4.78 is 29.7. The molecule has 3 N–H and O–H groups in total. The Balaban J connectivity index is 2.77. The molecule has 1 amide bonds. The van der Waals surface area contributed by atoms with Crippen LogP contribution in [0.4, 0.5) is 0 Å². The molecule has 106 valence electrons. The molecule has 0 saturated heterocycles. The number of carboxylic acid groups (broad SMARTS) is 1. The average Bonchev–Trinajstić information content (AvgIpc) is 2.77. The van der Waals surface area contributed by atoms with Crippen LogP contribution in [0, 0.1) is 0 Å². The molecule has 0 aliphatic carbocycles. The number of nitrogens with one attached hydrogen (secondary N) is 2. The lowest BCUT2D eigenvalue weighted by molar-refractivity contribution is -0.137. The maximum absolute atomic E-state index is 11.7. The van der Waals surface area contributed by atoms with Crippen molar-refractivity contribution in [2.75, 3.05) is 7.05 Å². The van der Waals surface area contributed by atoms with Crippen LogP contribution in [-0.2, 0) is 14.8 Å². The molecule has 19 heavy (non-hydrogen) atoms. The van der Waals surface area contributed by atoms with E-state index in [4.69, 9.17) is 9.52 Å². The number of carboxylic acids is 1. The molecule has 1 unspecified atom stereocenters. The van der Waals surface area contributed by atoms with Gasteiger partial charge >= 0.3 is 5.97 Å². The number of carbonyl (C=O) groups excluding carboxylic acids is 1. The van der Waals surface area contributed by atoms with Gasteiger partial charge in [-0.15, -0.1) is 0 Å². The summed E-state index contributed by atoms with van der Waals surface area (Å²) in [6, 6.07) is 1.75. The van der Waals surface area contributed by atoms with Gasteiger partial charge in [0.2, 0.25) is 5.09 Å². The van der Waals surface area contributed by atoms with Gasteiger partial charge < -0.3 is 14.8 Å². The number of aliphatic carboxylic acids is 1. The minimum absolute atomic E-state index is 0.203. The highest BCUT2D eigenvalue weighted by molar-refractivity contribution is 7.89. The van der Waals surface area contributed by atoms with Crippen LogP contribution in [-0.4, -0.2) is 38.5 Å². The summed E-state index contributed by atoms with van der Waals surface area (Å²) in [5.41, 5.74) is 0. The van der Waals surface area contributed by atoms with E-state index in [1.54, 1.807) is 0 Å². The van der Waals surface area contributed by atoms with Crippen molar-refractivity contribution in [1.29, 1.82) is 0 Å². The second kappa shape index (κ2) is 5.85. The third-order valence-electron chi connectivity index (χ3n) is 2.20. The van der Waals surface area contributed by atoms with E-state index in [0.717, 1.165) is 6.07 Å². The van der Waals surface area contributed by atoms with E-state index in [-0.39, 0.29) is 17.3 Å². The van der Waals surface area contributed by atoms with E-state index in [1.807, 2.05) is 4.72 Å². The Morgan fingerprint density at radius 3 is 2.58 bits per heavy atom. The van der Waals surface area contributed by atoms with Gasteiger partial charge in [0.25, 0.3) is 15.9 Å². The highest BCUT2D eigenvalue weighted by Crippen LogP contribution is 2.13. The predicted octanol–water partition coefficient (Wildman–Crippen LogP) is -0.219. The summed E-state index contributed by atoms with van der Waals surface area (Å²) in [6.45, 7) is 1.51. The zero-order valence-electron chi connectivity index (χ0n) is 10.3. The summed E-state index contributed by atoms with van der Waals surface area (Å²) in [6.07, 6.45) is -0.242. The van der Waals surface area contributed by atoms with Crippen LogP contribution in [0.5, 0.6) is 0 Å². The lowest BCUT2D eigenvalue weighted by Crippen LogP contribution is -2.33. The predicted molar refractivity (Wildman–Crippen MR) is 64.1 cm³/mol. The van der Waals surface area contributed by atoms with Gasteiger partial charge in [-0.1, -0.05) is 0 Å². The Morgan fingerprint density at radius 1 is 1.42 bits per heavy atom. The lowest BCUT2D eigenvalue weighted by Gasteiger charge is -2.09. The van der Waals surface area contributed by atoms with Crippen LogP contribution >= 0.6 is 0 Å². The maximum atomic E-state index is 11.7. The van der Waals surface area contributed by atoms with Crippen molar-refractivity contribution in [2.45, 2.75) is 24.5 Å². The molecule has 1 atom stereocenters. The minimum Gasteiger partial charge on any atom is -0.481 e. The fourth-order valence-corrected chi connectivity index (χ4v) is 1.94. The Bertz CT molecular complexity index is 577. The van der Waals surface area contributed by atoms with Crippen molar-refractivity contribution < 1.29 is 27.5 Å². The lowest BCUT2D eigenvalue weighted by atomic mass is 10.2. The van der Waals surface area contributed by atoms with Gasteiger partial charge in [-0.05, 0) is 26.1 Å². The number of hydrogen-bond donors (Lipinski definition) is 3. The number of rotatable bonds is 6. The molecule has 0 bridgehead atoms. The molecule has 0 spiro atoms. The summed E-state index contributed by atoms with van der Waals surface area (Å²) >= 11 is 0. The molecule has 1 heterocycles. The van der Waals surface area contributed by atoms with Gasteiger partial charge in [-0.25, -0.2) is 13.1 Å². The van der Waals surface area contributed by atoms with Crippen LogP contribution in [0.1, 0.15) is 23.9 Å². The van der Waals surface area contributed by atoms with Crippen LogP contribution in [0.15, 0.2) is 21.6 Å². The first-order valence-electron chi connectivity index (χ1n) is 5.32. The largest absolute Gasteiger partial charge is 0.481 e. The molecule has 0 radical (unpaired) electrons. The Hall–Kier alpha value is -1.87. The monoisotopic (exact) mass is 290 g/mol. The molecule has 1 aromatic heterocycles. The highest BCUT2D eigenvalue weighted by Gasteiger charge is 2.20. The molecular formula is C10H14N2O6S. The molecule has 0 aliphatic rings. The van der Waals surface area contributed by atoms with Crippen molar-refractivity contribution >= 4 is 21.9 Å². The SMILES string of the molecule is CNS(=O)(=O)c1ccc(C(=O)NC(C)CC(=O)O)o1. The molecular weight excluding hydrogens is 276 g/mol. The van der Waals surface area contributed by atoms with Crippen LogP contribution in [0.2, 0.25) is 0 Å². The third kappa shape index (κ3) is 4.07. The van der Waals surface area contributed by atoms with Crippen LogP contribution in [0.25, 0.3) is 0 Å². The quantitative estimate of drug-likeness (QED) is 0.665. The molecule has 8 nitrogen and oxygen atoms in total. The summed E-state index contributed by atoms with van der Waals surface area (Å²) in [5, 5.41) is 10.5. The fourth-order valence-electron chi connectivity index (χ4n) is 1.30. The summed E-state index contributed by atoms with van der Waals surface area (Å²) in [5.74, 6) is -1.93. The molecule has 0 fully saturated rings. The standard InChI is InChI=1S/C10H14N2O6S/c1-6(5-8(13)14)12-10(15)7-3-4-9(18-7)19(16,17)11-2/h3-4,6,11H,5H2,1-2H3,(H,12,15)(H,13,14). The first kappa shape index (κ1) is 15.2. The Morgan fingerprint density at radius 2 is 2.05 bits per heavy atom. The Kier molecular flexibility index (Phi) is 4.67. The van der Waals surface area contributed by atoms with Crippen LogP contribution in [0.3, 0.4) is 0 Å². The zero-order valence-corrected chi connectivity index (χ0v) is 11.2. The van der Waals surface area contributed by atoms with Crippen molar-refractivity contribution in [3.63, 3.8) is 0 Å². The summed E-state index contributed by atoms with van der Waals surface area (Å²) in [4.78, 5) is 22.1. The van der Waals surface area contributed by atoms with Gasteiger partial charge in [-0.3, -0.25) is 9.59 Å². The highest BCUT2D eigenvalue weighted by atomic mass is 32.2. The normalized spacial score (nSPS) is 12.9. The van der Waals surface area contributed by atoms with E-state index < -0.39 is 27.9 Å². The first-order chi connectivity index (χ1) is 8.76. The van der Waals surface area contributed by atoms with E-state index in [1.165, 1.54) is 20.0 Å². The van der Waals surface area contributed by atoms with E-state index in [0.29, 0.717) is 0 Å². The summed E-state index contributed by atoms with van der Waals surface area (Å²) in [7, 11) is -2.53. The number of amides is 1.